The average molecular weight is 715 g/mol. The molecule has 3 heteroatoms. The fourth-order valence-electron chi connectivity index (χ4n) is 9.92. The molecule has 0 N–H and O–H groups in total. The summed E-state index contributed by atoms with van der Waals surface area (Å²) in [6.45, 7) is 4.87. The lowest BCUT2D eigenvalue weighted by Crippen LogP contribution is -2.37. The van der Waals surface area contributed by atoms with Gasteiger partial charge >= 0.3 is 0 Å². The molecule has 0 radical (unpaired) electrons. The number of ether oxygens (including phenoxy) is 1. The smallest absolute Gasteiger partial charge is 0.139 e. The molecule has 2 atom stereocenters. The lowest BCUT2D eigenvalue weighted by Gasteiger charge is -2.48. The number of para-hydroxylation sites is 2. The Balaban J connectivity index is 1.24. The fraction of sp³-hybridized carbons (Fsp3) is 0.265. The Labute approximate surface area is 313 Å². The highest BCUT2D eigenvalue weighted by atomic mass is 31.1. The third kappa shape index (κ3) is 5.34. The van der Waals surface area contributed by atoms with E-state index in [9.17, 15) is 0 Å². The monoisotopic (exact) mass is 714 g/mol. The van der Waals surface area contributed by atoms with Crippen molar-refractivity contribution in [1.82, 2.24) is 0 Å². The number of hydrogen-bond donors (Lipinski definition) is 0. The molecule has 0 aliphatic carbocycles. The van der Waals surface area contributed by atoms with E-state index >= 15 is 0 Å². The van der Waals surface area contributed by atoms with Crippen molar-refractivity contribution in [2.75, 3.05) is 12.3 Å². The van der Waals surface area contributed by atoms with Crippen LogP contribution in [-0.4, -0.2) is 12.3 Å². The van der Waals surface area contributed by atoms with E-state index in [0.29, 0.717) is 0 Å². The van der Waals surface area contributed by atoms with Crippen molar-refractivity contribution in [1.29, 1.82) is 0 Å². The Hall–Kier alpha value is -4.02. The van der Waals surface area contributed by atoms with E-state index in [1.165, 1.54) is 82.0 Å². The fourth-order valence-corrected chi connectivity index (χ4v) is 17.1. The van der Waals surface area contributed by atoms with Gasteiger partial charge in [0.05, 0.1) is 0 Å². The summed E-state index contributed by atoms with van der Waals surface area (Å²) in [5.74, 6) is 2.27. The van der Waals surface area contributed by atoms with Gasteiger partial charge in [0, 0.05) is 37.5 Å². The first-order valence-electron chi connectivity index (χ1n) is 19.3. The van der Waals surface area contributed by atoms with Crippen LogP contribution >= 0.6 is 15.8 Å². The molecule has 52 heavy (non-hydrogen) atoms. The predicted molar refractivity (Wildman–Crippen MR) is 223 cm³/mol. The number of rotatable bonds is 6. The predicted octanol–water partition coefficient (Wildman–Crippen LogP) is 12.6. The van der Waals surface area contributed by atoms with Gasteiger partial charge in [-0.05, 0) is 60.3 Å². The van der Waals surface area contributed by atoms with Crippen molar-refractivity contribution < 1.29 is 4.74 Å². The molecule has 1 nitrogen and oxygen atoms in total. The van der Waals surface area contributed by atoms with Crippen molar-refractivity contribution in [3.63, 3.8) is 0 Å². The Kier molecular flexibility index (Phi) is 8.94. The average Bonchev–Trinajstić information content (AvgIpc) is 3.22. The zero-order valence-corrected chi connectivity index (χ0v) is 32.3. The van der Waals surface area contributed by atoms with Gasteiger partial charge in [-0.1, -0.05) is 200 Å². The van der Waals surface area contributed by atoms with Crippen LogP contribution in [-0.2, 0) is 15.7 Å². The molecular formula is C49H48OP2. The highest BCUT2D eigenvalue weighted by Crippen LogP contribution is 2.68. The Morgan fingerprint density at radius 2 is 0.750 bits per heavy atom. The van der Waals surface area contributed by atoms with Crippen LogP contribution in [0.4, 0.5) is 0 Å². The second-order valence-corrected chi connectivity index (χ2v) is 20.5. The van der Waals surface area contributed by atoms with Gasteiger partial charge in [-0.25, -0.2) is 0 Å². The van der Waals surface area contributed by atoms with E-state index in [1.807, 2.05) is 0 Å². The van der Waals surface area contributed by atoms with Gasteiger partial charge in [0.1, 0.15) is 11.5 Å². The van der Waals surface area contributed by atoms with Gasteiger partial charge in [-0.15, -0.1) is 0 Å². The maximum absolute atomic E-state index is 7.64. The summed E-state index contributed by atoms with van der Waals surface area (Å²) in [6.07, 6.45) is 9.70. The van der Waals surface area contributed by atoms with E-state index in [4.69, 9.17) is 4.74 Å². The molecule has 3 heterocycles. The zero-order chi connectivity index (χ0) is 35.2. The Morgan fingerprint density at radius 3 is 1.10 bits per heavy atom. The molecule has 0 amide bonds. The van der Waals surface area contributed by atoms with Crippen LogP contribution in [0.3, 0.4) is 0 Å². The SMILES string of the molecule is CC1(C)c2cccc(P3CCCCC3(c3ccccc3)c3ccccc3)c2Oc2c(P3CCCCC3(c3ccccc3)c3ccccc3)cccc21. The molecule has 0 saturated carbocycles. The summed E-state index contributed by atoms with van der Waals surface area (Å²) in [4.78, 5) is 0. The van der Waals surface area contributed by atoms with Crippen molar-refractivity contribution in [2.45, 2.75) is 68.1 Å². The standard InChI is InChI=1S/C49H48OP2/c1-47(2)41-29-19-31-43(51-35-17-15-33-48(51,37-21-7-3-8-22-37)38-23-9-4-10-24-38)45(41)50-46-42(47)30-20-32-44(46)52-36-18-16-34-49(52,39-25-11-5-12-26-39)40-27-13-6-14-28-40/h3-14,19-32H,15-18,33-36H2,1-2H3. The van der Waals surface area contributed by atoms with Gasteiger partial charge < -0.3 is 4.74 Å². The van der Waals surface area contributed by atoms with Gasteiger partial charge in [0.15, 0.2) is 0 Å². The zero-order valence-electron chi connectivity index (χ0n) is 30.5. The van der Waals surface area contributed by atoms with Crippen LogP contribution in [0.15, 0.2) is 158 Å². The van der Waals surface area contributed by atoms with Gasteiger partial charge in [-0.3, -0.25) is 0 Å². The maximum atomic E-state index is 7.64. The molecule has 260 valence electrons. The van der Waals surface area contributed by atoms with Crippen molar-refractivity contribution >= 4 is 26.5 Å². The van der Waals surface area contributed by atoms with Crippen LogP contribution in [0.1, 0.15) is 85.8 Å². The van der Waals surface area contributed by atoms with Gasteiger partial charge in [0.25, 0.3) is 0 Å². The molecule has 0 aromatic heterocycles. The molecule has 2 fully saturated rings. The van der Waals surface area contributed by atoms with Crippen molar-refractivity contribution in [2.24, 2.45) is 0 Å². The summed E-state index contributed by atoms with van der Waals surface area (Å²) in [7, 11) is -1.30. The van der Waals surface area contributed by atoms with E-state index < -0.39 is 15.8 Å². The van der Waals surface area contributed by atoms with E-state index in [-0.39, 0.29) is 15.7 Å². The molecule has 3 aliphatic heterocycles. The largest absolute Gasteiger partial charge is 0.455 e. The maximum Gasteiger partial charge on any atom is 0.139 e. The molecule has 6 aromatic carbocycles. The summed E-state index contributed by atoms with van der Waals surface area (Å²) in [5, 5.41) is 2.73. The highest BCUT2D eigenvalue weighted by Gasteiger charge is 2.49. The third-order valence-electron chi connectivity index (χ3n) is 12.4. The first kappa shape index (κ1) is 33.8. The minimum Gasteiger partial charge on any atom is -0.455 e. The minimum atomic E-state index is -0.648. The second kappa shape index (κ2) is 13.8. The van der Waals surface area contributed by atoms with E-state index in [1.54, 1.807) is 0 Å². The normalized spacial score (nSPS) is 21.3. The molecule has 3 aliphatic rings. The van der Waals surface area contributed by atoms with Crippen LogP contribution in [0.5, 0.6) is 11.5 Å². The molecule has 0 bridgehead atoms. The van der Waals surface area contributed by atoms with Gasteiger partial charge in [0.2, 0.25) is 0 Å². The van der Waals surface area contributed by atoms with E-state index in [2.05, 4.69) is 172 Å². The lowest BCUT2D eigenvalue weighted by molar-refractivity contribution is 0.424. The van der Waals surface area contributed by atoms with E-state index in [0.717, 1.165) is 24.3 Å². The topological polar surface area (TPSA) is 9.23 Å². The molecule has 0 spiro atoms. The molecular weight excluding hydrogens is 666 g/mol. The number of fused-ring (bicyclic) bond motifs is 2. The quantitative estimate of drug-likeness (QED) is 0.156. The van der Waals surface area contributed by atoms with Crippen molar-refractivity contribution in [3.8, 4) is 11.5 Å². The van der Waals surface area contributed by atoms with Crippen LogP contribution in [0.25, 0.3) is 0 Å². The second-order valence-electron chi connectivity index (χ2n) is 15.4. The first-order valence-corrected chi connectivity index (χ1v) is 22.3. The van der Waals surface area contributed by atoms with Crippen LogP contribution < -0.4 is 15.3 Å². The molecule has 6 aromatic rings. The Bertz CT molecular complexity index is 1930. The van der Waals surface area contributed by atoms with Gasteiger partial charge in [-0.2, -0.15) is 0 Å². The molecule has 9 rings (SSSR count). The first-order chi connectivity index (χ1) is 25.5. The Morgan fingerprint density at radius 1 is 0.404 bits per heavy atom. The summed E-state index contributed by atoms with van der Waals surface area (Å²) in [5.41, 5.74) is 8.24. The lowest BCUT2D eigenvalue weighted by atomic mass is 9.76. The molecule has 2 saturated heterocycles. The van der Waals surface area contributed by atoms with Crippen molar-refractivity contribution in [3.05, 3.63) is 191 Å². The summed E-state index contributed by atoms with van der Waals surface area (Å²) < 4.78 is 7.64. The summed E-state index contributed by atoms with van der Waals surface area (Å²) >= 11 is 0. The van der Waals surface area contributed by atoms with Crippen LogP contribution in [0, 0.1) is 0 Å². The highest BCUT2D eigenvalue weighted by molar-refractivity contribution is 7.67. The number of hydrogen-bond acceptors (Lipinski definition) is 1. The third-order valence-corrected chi connectivity index (χ3v) is 19.1. The number of benzene rings is 6. The molecule has 2 unspecified atom stereocenters. The summed E-state index contributed by atoms with van der Waals surface area (Å²) in [6, 6.07) is 59.9. The minimum absolute atomic E-state index is 0.0677. The van der Waals surface area contributed by atoms with Crippen LogP contribution in [0.2, 0.25) is 0 Å².